The minimum Gasteiger partial charge on any atom is -0.473 e. The largest absolute Gasteiger partial charge is 0.473 e. The Morgan fingerprint density at radius 3 is 2.42 bits per heavy atom. The van der Waals surface area contributed by atoms with Gasteiger partial charge in [0.2, 0.25) is 0 Å². The normalized spacial score (nSPS) is 19.9. The average Bonchev–Trinajstić information content (AvgIpc) is 2.40. The van der Waals surface area contributed by atoms with Gasteiger partial charge in [-0.05, 0) is 71.6 Å². The summed E-state index contributed by atoms with van der Waals surface area (Å²) in [6.07, 6.45) is 1.59. The van der Waals surface area contributed by atoms with Crippen molar-refractivity contribution in [2.45, 2.75) is 71.5 Å². The molecular weight excluding hydrogens is 302 g/mol. The van der Waals surface area contributed by atoms with Gasteiger partial charge in [-0.1, -0.05) is 12.1 Å². The number of carbonyl (C=O) groups is 1. The maximum Gasteiger partial charge on any atom is 0.320 e. The molecule has 5 nitrogen and oxygen atoms in total. The number of hydrogen-bond acceptors (Lipinski definition) is 3. The number of rotatable bonds is 3. The van der Waals surface area contributed by atoms with Crippen molar-refractivity contribution in [3.8, 4) is 5.75 Å². The summed E-state index contributed by atoms with van der Waals surface area (Å²) >= 11 is 0. The lowest BCUT2D eigenvalue weighted by Crippen LogP contribution is -2.67. The minimum absolute atomic E-state index is 0.109. The molecule has 1 aliphatic rings. The molecule has 134 valence electrons. The molecule has 0 bridgehead atoms. The zero-order chi connectivity index (χ0) is 18.1. The van der Waals surface area contributed by atoms with Crippen LogP contribution >= 0.6 is 0 Å². The highest BCUT2D eigenvalue weighted by molar-refractivity contribution is 5.76. The van der Waals surface area contributed by atoms with Gasteiger partial charge in [-0.15, -0.1) is 0 Å². The fraction of sp³-hybridized carbons (Fsp3) is 0.632. The van der Waals surface area contributed by atoms with Crippen LogP contribution in [0.2, 0.25) is 0 Å². The lowest BCUT2D eigenvalue weighted by atomic mass is 9.77. The van der Waals surface area contributed by atoms with Gasteiger partial charge in [-0.2, -0.15) is 0 Å². The van der Waals surface area contributed by atoms with Crippen molar-refractivity contribution < 1.29 is 9.53 Å². The van der Waals surface area contributed by atoms with E-state index in [1.807, 2.05) is 36.9 Å². The second-order valence-corrected chi connectivity index (χ2v) is 8.10. The summed E-state index contributed by atoms with van der Waals surface area (Å²) in [5.74, 6) is 0.800. The molecule has 0 radical (unpaired) electrons. The molecule has 5 heteroatoms. The average molecular weight is 333 g/mol. The maximum atomic E-state index is 12.8. The first-order chi connectivity index (χ1) is 11.0. The zero-order valence-electron chi connectivity index (χ0n) is 15.8. The number of amides is 2. The monoisotopic (exact) mass is 333 g/mol. The third-order valence-corrected chi connectivity index (χ3v) is 4.94. The van der Waals surface area contributed by atoms with Crippen LogP contribution in [0.25, 0.3) is 0 Å². The number of nitrogens with zero attached hydrogens (tertiary/aromatic N) is 1. The van der Waals surface area contributed by atoms with Crippen LogP contribution in [0.1, 0.15) is 51.7 Å². The van der Waals surface area contributed by atoms with Crippen molar-refractivity contribution in [2.75, 3.05) is 6.73 Å². The van der Waals surface area contributed by atoms with Crippen molar-refractivity contribution >= 4 is 6.03 Å². The van der Waals surface area contributed by atoms with Crippen LogP contribution in [0.15, 0.2) is 18.2 Å². The summed E-state index contributed by atoms with van der Waals surface area (Å²) in [6, 6.07) is 5.93. The Morgan fingerprint density at radius 2 is 1.83 bits per heavy atom. The second kappa shape index (κ2) is 6.63. The zero-order valence-corrected chi connectivity index (χ0v) is 15.8. The standard InChI is InChI=1S/C19H31N3O2/c1-13-8-7-9-16(14(13)2)24-12-21-17(23)22-18(3,4)10-15(20)11-19(22,5)6/h7-9,15H,10-12,20H2,1-6H3,(H,21,23). The Hall–Kier alpha value is -1.75. The fourth-order valence-corrected chi connectivity index (χ4v) is 4.04. The maximum absolute atomic E-state index is 12.8. The molecular formula is C19H31N3O2. The minimum atomic E-state index is -0.287. The van der Waals surface area contributed by atoms with Crippen LogP contribution in [0.4, 0.5) is 4.79 Å². The molecule has 0 atom stereocenters. The molecule has 0 spiro atoms. The Morgan fingerprint density at radius 1 is 1.25 bits per heavy atom. The first kappa shape index (κ1) is 18.6. The summed E-state index contributed by atoms with van der Waals surface area (Å²) in [5, 5.41) is 2.90. The van der Waals surface area contributed by atoms with Gasteiger partial charge in [-0.3, -0.25) is 0 Å². The highest BCUT2D eigenvalue weighted by atomic mass is 16.5. The van der Waals surface area contributed by atoms with E-state index in [0.29, 0.717) is 0 Å². The summed E-state index contributed by atoms with van der Waals surface area (Å²) in [7, 11) is 0. The number of benzene rings is 1. The number of piperidine rings is 1. The van der Waals surface area contributed by atoms with E-state index in [4.69, 9.17) is 10.5 Å². The van der Waals surface area contributed by atoms with Crippen molar-refractivity contribution in [3.63, 3.8) is 0 Å². The van der Waals surface area contributed by atoms with Gasteiger partial charge in [0.05, 0.1) is 0 Å². The quantitative estimate of drug-likeness (QED) is 0.834. The van der Waals surface area contributed by atoms with Crippen molar-refractivity contribution in [1.82, 2.24) is 10.2 Å². The summed E-state index contributed by atoms with van der Waals surface area (Å²) in [4.78, 5) is 14.7. The molecule has 2 rings (SSSR count). The van der Waals surface area contributed by atoms with Crippen LogP contribution in [0.5, 0.6) is 5.75 Å². The first-order valence-corrected chi connectivity index (χ1v) is 8.57. The Bertz CT molecular complexity index is 593. The molecule has 24 heavy (non-hydrogen) atoms. The molecule has 0 aromatic heterocycles. The number of likely N-dealkylation sites (tertiary alicyclic amines) is 1. The predicted molar refractivity (Wildman–Crippen MR) is 97.1 cm³/mol. The van der Waals surface area contributed by atoms with Gasteiger partial charge in [0, 0.05) is 17.1 Å². The molecule has 1 aromatic carbocycles. The third-order valence-electron chi connectivity index (χ3n) is 4.94. The molecule has 0 aliphatic carbocycles. The van der Waals surface area contributed by atoms with Crippen molar-refractivity contribution in [3.05, 3.63) is 29.3 Å². The molecule has 1 aromatic rings. The van der Waals surface area contributed by atoms with E-state index < -0.39 is 0 Å². The molecule has 0 unspecified atom stereocenters. The molecule has 2 amide bonds. The van der Waals surface area contributed by atoms with E-state index in [0.717, 1.165) is 24.2 Å². The van der Waals surface area contributed by atoms with Crippen LogP contribution < -0.4 is 15.8 Å². The Labute approximate surface area is 145 Å². The fourth-order valence-electron chi connectivity index (χ4n) is 4.04. The van der Waals surface area contributed by atoms with E-state index in [9.17, 15) is 4.79 Å². The summed E-state index contributed by atoms with van der Waals surface area (Å²) in [5.41, 5.74) is 7.86. The topological polar surface area (TPSA) is 67.6 Å². The highest BCUT2D eigenvalue weighted by Gasteiger charge is 2.46. The van der Waals surface area contributed by atoms with E-state index >= 15 is 0 Å². The Kier molecular flexibility index (Phi) is 5.14. The second-order valence-electron chi connectivity index (χ2n) is 8.10. The van der Waals surface area contributed by atoms with Crippen LogP contribution in [0.3, 0.4) is 0 Å². The van der Waals surface area contributed by atoms with Gasteiger partial charge in [0.25, 0.3) is 0 Å². The summed E-state index contributed by atoms with van der Waals surface area (Å²) in [6.45, 7) is 12.5. The van der Waals surface area contributed by atoms with Gasteiger partial charge in [-0.25, -0.2) is 4.79 Å². The number of nitrogens with one attached hydrogen (secondary N) is 1. The molecule has 1 saturated heterocycles. The lowest BCUT2D eigenvalue weighted by molar-refractivity contribution is 0.00144. The van der Waals surface area contributed by atoms with Gasteiger partial charge >= 0.3 is 6.03 Å². The molecule has 1 aliphatic heterocycles. The number of hydrogen-bond donors (Lipinski definition) is 2. The van der Waals surface area contributed by atoms with Crippen molar-refractivity contribution in [2.24, 2.45) is 5.73 Å². The van der Waals surface area contributed by atoms with E-state index in [2.05, 4.69) is 33.0 Å². The molecule has 1 fully saturated rings. The smallest absolute Gasteiger partial charge is 0.320 e. The predicted octanol–water partition coefficient (Wildman–Crippen LogP) is 3.33. The van der Waals surface area contributed by atoms with Gasteiger partial charge in [0.15, 0.2) is 6.73 Å². The third kappa shape index (κ3) is 3.83. The van der Waals surface area contributed by atoms with E-state index in [1.165, 1.54) is 5.56 Å². The van der Waals surface area contributed by atoms with Crippen molar-refractivity contribution in [1.29, 1.82) is 0 Å². The van der Waals surface area contributed by atoms with Crippen LogP contribution in [-0.4, -0.2) is 34.8 Å². The number of nitrogens with two attached hydrogens (primary N) is 1. The van der Waals surface area contributed by atoms with Crippen LogP contribution in [0, 0.1) is 13.8 Å². The molecule has 1 heterocycles. The first-order valence-electron chi connectivity index (χ1n) is 8.57. The Balaban J connectivity index is 2.02. The van der Waals surface area contributed by atoms with E-state index in [1.54, 1.807) is 0 Å². The van der Waals surface area contributed by atoms with Gasteiger partial charge in [0.1, 0.15) is 5.75 Å². The van der Waals surface area contributed by atoms with Gasteiger partial charge < -0.3 is 20.7 Å². The summed E-state index contributed by atoms with van der Waals surface area (Å²) < 4.78 is 5.75. The number of aryl methyl sites for hydroxylation is 1. The number of ether oxygens (including phenoxy) is 1. The molecule has 3 N–H and O–H groups in total. The SMILES string of the molecule is Cc1cccc(OCNC(=O)N2C(C)(C)CC(N)CC2(C)C)c1C. The van der Waals surface area contributed by atoms with Crippen LogP contribution in [-0.2, 0) is 0 Å². The highest BCUT2D eigenvalue weighted by Crippen LogP contribution is 2.37. The lowest BCUT2D eigenvalue weighted by Gasteiger charge is -2.54. The van der Waals surface area contributed by atoms with E-state index in [-0.39, 0.29) is 29.9 Å². The number of urea groups is 1. The number of carbonyl (C=O) groups excluding carboxylic acids is 1. The molecule has 0 saturated carbocycles.